The summed E-state index contributed by atoms with van der Waals surface area (Å²) in [5.74, 6) is 1.26. The van der Waals surface area contributed by atoms with Crippen molar-refractivity contribution in [3.63, 3.8) is 0 Å². The van der Waals surface area contributed by atoms with Crippen LogP contribution in [0.2, 0.25) is 0 Å². The molecule has 3 rings (SSSR count). The number of nitrogens with zero attached hydrogens (tertiary/aromatic N) is 1. The molecule has 0 unspecified atom stereocenters. The lowest BCUT2D eigenvalue weighted by molar-refractivity contribution is 0.0757. The van der Waals surface area contributed by atoms with E-state index in [-0.39, 0.29) is 12.0 Å². The molecule has 1 aromatic heterocycles. The Kier molecular flexibility index (Phi) is 8.36. The van der Waals surface area contributed by atoms with Crippen LogP contribution >= 0.6 is 0 Å². The van der Waals surface area contributed by atoms with E-state index >= 15 is 0 Å². The summed E-state index contributed by atoms with van der Waals surface area (Å²) in [4.78, 5) is 17.6. The van der Waals surface area contributed by atoms with Crippen LogP contribution in [0.25, 0.3) is 11.5 Å². The number of ether oxygens (including phenoxy) is 1. The smallest absolute Gasteiger partial charge is 0.251 e. The van der Waals surface area contributed by atoms with E-state index in [9.17, 15) is 9.00 Å². The Morgan fingerprint density at radius 1 is 1.09 bits per heavy atom. The fraction of sp³-hybridized carbons (Fsp3) is 0.360. The van der Waals surface area contributed by atoms with Crippen LogP contribution in [-0.4, -0.2) is 34.4 Å². The number of hydrogen-bond acceptors (Lipinski definition) is 5. The van der Waals surface area contributed by atoms with E-state index in [4.69, 9.17) is 9.15 Å². The van der Waals surface area contributed by atoms with Crippen LogP contribution in [-0.2, 0) is 21.3 Å². The van der Waals surface area contributed by atoms with Gasteiger partial charge in [-0.2, -0.15) is 0 Å². The molecule has 0 saturated heterocycles. The predicted octanol–water partition coefficient (Wildman–Crippen LogP) is 4.81. The number of carbonyl (C=O) groups excluding carboxylic acids is 1. The van der Waals surface area contributed by atoms with Gasteiger partial charge in [0.05, 0.1) is 28.4 Å². The van der Waals surface area contributed by atoms with Gasteiger partial charge in [-0.1, -0.05) is 17.7 Å². The second-order valence-electron chi connectivity index (χ2n) is 7.93. The molecule has 0 aliphatic carbocycles. The van der Waals surface area contributed by atoms with Crippen molar-refractivity contribution in [2.45, 2.75) is 50.9 Å². The lowest BCUT2D eigenvalue weighted by Gasteiger charge is -2.08. The molecule has 0 radical (unpaired) electrons. The van der Waals surface area contributed by atoms with E-state index in [1.54, 1.807) is 12.1 Å². The van der Waals surface area contributed by atoms with Gasteiger partial charge < -0.3 is 14.5 Å². The molecule has 1 heterocycles. The van der Waals surface area contributed by atoms with Gasteiger partial charge in [0.25, 0.3) is 5.91 Å². The van der Waals surface area contributed by atoms with Crippen LogP contribution in [0.3, 0.4) is 0 Å². The summed E-state index contributed by atoms with van der Waals surface area (Å²) < 4.78 is 24.0. The van der Waals surface area contributed by atoms with Gasteiger partial charge in [-0.05, 0) is 70.5 Å². The Morgan fingerprint density at radius 2 is 1.78 bits per heavy atom. The van der Waals surface area contributed by atoms with Gasteiger partial charge in [-0.15, -0.1) is 0 Å². The Bertz CT molecular complexity index is 1060. The molecule has 1 amide bonds. The third-order valence-corrected chi connectivity index (χ3v) is 6.23. The van der Waals surface area contributed by atoms with Crippen molar-refractivity contribution in [3.05, 3.63) is 71.1 Å². The summed E-state index contributed by atoms with van der Waals surface area (Å²) in [5, 5.41) is 2.89. The Labute approximate surface area is 191 Å². The number of oxazole rings is 1. The zero-order chi connectivity index (χ0) is 23.1. The molecule has 3 aromatic rings. The van der Waals surface area contributed by atoms with Gasteiger partial charge >= 0.3 is 0 Å². The lowest BCUT2D eigenvalue weighted by atomic mass is 10.1. The minimum atomic E-state index is -1.20. The third-order valence-electron chi connectivity index (χ3n) is 4.90. The molecule has 0 fully saturated rings. The first-order chi connectivity index (χ1) is 15.3. The van der Waals surface area contributed by atoms with E-state index in [1.165, 1.54) is 0 Å². The van der Waals surface area contributed by atoms with Crippen LogP contribution in [0.1, 0.15) is 47.6 Å². The normalized spacial score (nSPS) is 12.2. The monoisotopic (exact) mass is 454 g/mol. The zero-order valence-corrected chi connectivity index (χ0v) is 19.8. The highest BCUT2D eigenvalue weighted by molar-refractivity contribution is 7.84. The molecule has 0 aliphatic rings. The average Bonchev–Trinajstić information content (AvgIpc) is 3.13. The van der Waals surface area contributed by atoms with Crippen LogP contribution < -0.4 is 5.32 Å². The molecule has 1 N–H and O–H groups in total. The number of aryl methyl sites for hydroxylation is 2. The Balaban J connectivity index is 1.59. The SMILES string of the molecule is Cc1ccc([S@](=O)Cc2nc(-c3ccc(C(=O)NCCCOC(C)C)cc3)oc2C)cc1. The highest BCUT2D eigenvalue weighted by atomic mass is 32.2. The first-order valence-corrected chi connectivity index (χ1v) is 12.1. The van der Waals surface area contributed by atoms with E-state index in [0.29, 0.717) is 41.8 Å². The van der Waals surface area contributed by atoms with Crippen molar-refractivity contribution in [2.24, 2.45) is 0 Å². The molecule has 7 heteroatoms. The van der Waals surface area contributed by atoms with Crippen LogP contribution in [0, 0.1) is 13.8 Å². The molecule has 6 nitrogen and oxygen atoms in total. The Hall–Kier alpha value is -2.77. The topological polar surface area (TPSA) is 81.4 Å². The Morgan fingerprint density at radius 3 is 2.44 bits per heavy atom. The van der Waals surface area contributed by atoms with Crippen LogP contribution in [0.5, 0.6) is 0 Å². The van der Waals surface area contributed by atoms with E-state index < -0.39 is 10.8 Å². The fourth-order valence-corrected chi connectivity index (χ4v) is 4.16. The number of rotatable bonds is 10. The largest absolute Gasteiger partial charge is 0.441 e. The lowest BCUT2D eigenvalue weighted by Crippen LogP contribution is -2.25. The number of nitrogens with one attached hydrogen (secondary N) is 1. The van der Waals surface area contributed by atoms with E-state index in [0.717, 1.165) is 22.4 Å². The summed E-state index contributed by atoms with van der Waals surface area (Å²) in [6.07, 6.45) is 0.963. The maximum absolute atomic E-state index is 12.7. The van der Waals surface area contributed by atoms with Crippen molar-refractivity contribution in [2.75, 3.05) is 13.2 Å². The first kappa shape index (κ1) is 23.9. The van der Waals surface area contributed by atoms with Gasteiger partial charge in [0.2, 0.25) is 5.89 Å². The van der Waals surface area contributed by atoms with Crippen molar-refractivity contribution in [3.8, 4) is 11.5 Å². The van der Waals surface area contributed by atoms with Crippen molar-refractivity contribution < 1.29 is 18.2 Å². The molecular weight excluding hydrogens is 424 g/mol. The molecule has 2 aromatic carbocycles. The maximum Gasteiger partial charge on any atom is 0.251 e. The summed E-state index contributed by atoms with van der Waals surface area (Å²) in [6, 6.07) is 14.8. The highest BCUT2D eigenvalue weighted by Crippen LogP contribution is 2.24. The molecule has 1 atom stereocenters. The third kappa shape index (κ3) is 6.61. The number of benzene rings is 2. The fourth-order valence-electron chi connectivity index (χ4n) is 3.04. The van der Waals surface area contributed by atoms with Crippen LogP contribution in [0.4, 0.5) is 0 Å². The van der Waals surface area contributed by atoms with E-state index in [2.05, 4.69) is 10.3 Å². The van der Waals surface area contributed by atoms with Gasteiger partial charge in [0.1, 0.15) is 5.76 Å². The van der Waals surface area contributed by atoms with Gasteiger partial charge in [0, 0.05) is 29.2 Å². The summed E-state index contributed by atoms with van der Waals surface area (Å²) in [5.41, 5.74) is 3.14. The quantitative estimate of drug-likeness (QED) is 0.445. The molecular formula is C25H30N2O4S. The molecule has 0 spiro atoms. The molecule has 0 aliphatic heterocycles. The second-order valence-corrected chi connectivity index (χ2v) is 9.38. The number of hydrogen-bond donors (Lipinski definition) is 1. The van der Waals surface area contributed by atoms with Gasteiger partial charge in [-0.3, -0.25) is 9.00 Å². The minimum Gasteiger partial charge on any atom is -0.441 e. The second kappa shape index (κ2) is 11.2. The summed E-state index contributed by atoms with van der Waals surface area (Å²) in [6.45, 7) is 8.98. The van der Waals surface area contributed by atoms with Crippen molar-refractivity contribution >= 4 is 16.7 Å². The predicted molar refractivity (Wildman–Crippen MR) is 126 cm³/mol. The number of amides is 1. The van der Waals surface area contributed by atoms with Gasteiger partial charge in [-0.25, -0.2) is 4.98 Å². The van der Waals surface area contributed by atoms with Crippen LogP contribution in [0.15, 0.2) is 57.8 Å². The number of carbonyl (C=O) groups is 1. The zero-order valence-electron chi connectivity index (χ0n) is 19.0. The standard InChI is InChI=1S/C25H30N2O4S/c1-17(2)30-15-5-14-26-24(28)20-8-10-21(11-9-20)25-27-23(19(4)31-25)16-32(29)22-12-6-18(3)7-13-22/h6-13,17H,5,14-16H2,1-4H3,(H,26,28)/t32-/m1/s1. The van der Waals surface area contributed by atoms with Crippen molar-refractivity contribution in [1.82, 2.24) is 10.3 Å². The van der Waals surface area contributed by atoms with Gasteiger partial charge in [0.15, 0.2) is 0 Å². The molecule has 0 bridgehead atoms. The summed E-state index contributed by atoms with van der Waals surface area (Å²) in [7, 11) is -1.20. The first-order valence-electron chi connectivity index (χ1n) is 10.7. The summed E-state index contributed by atoms with van der Waals surface area (Å²) >= 11 is 0. The average molecular weight is 455 g/mol. The number of aromatic nitrogens is 1. The molecule has 0 saturated carbocycles. The maximum atomic E-state index is 12.7. The molecule has 32 heavy (non-hydrogen) atoms. The van der Waals surface area contributed by atoms with Crippen molar-refractivity contribution in [1.29, 1.82) is 0 Å². The highest BCUT2D eigenvalue weighted by Gasteiger charge is 2.15. The van der Waals surface area contributed by atoms with E-state index in [1.807, 2.05) is 64.1 Å². The molecule has 170 valence electrons. The minimum absolute atomic E-state index is 0.126.